The first-order valence-corrected chi connectivity index (χ1v) is 10.1. The van der Waals surface area contributed by atoms with Crippen LogP contribution in [0.25, 0.3) is 10.8 Å². The molecule has 0 radical (unpaired) electrons. The minimum atomic E-state index is -3.98. The largest absolute Gasteiger partial charge is 0.273 e. The topological polar surface area (TPSA) is 92.9 Å². The highest BCUT2D eigenvalue weighted by Gasteiger charge is 2.33. The van der Waals surface area contributed by atoms with Crippen molar-refractivity contribution in [1.29, 1.82) is 0 Å². The first kappa shape index (κ1) is 18.1. The van der Waals surface area contributed by atoms with Crippen molar-refractivity contribution in [2.75, 3.05) is 13.1 Å². The van der Waals surface area contributed by atoms with Crippen LogP contribution < -0.4 is 0 Å². The maximum Gasteiger partial charge on any atom is 0.273 e. The molecule has 28 heavy (non-hydrogen) atoms. The third-order valence-corrected chi connectivity index (χ3v) is 6.58. The molecule has 0 spiro atoms. The highest BCUT2D eigenvalue weighted by molar-refractivity contribution is 7.89. The number of benzene rings is 3. The zero-order valence-corrected chi connectivity index (χ0v) is 15.9. The standard InChI is InChI=1S/C20H17N3O4S/c1-14-9-10-16(13-19(14)23(24)25)28(26,27)22-12-11-21-20(22)18-8-4-6-15-5-2-3-7-17(15)18/h2-10,13H,11-12H2,1H3. The molecule has 0 fully saturated rings. The molecule has 0 atom stereocenters. The molecule has 1 heterocycles. The number of nitro benzene ring substituents is 1. The van der Waals surface area contributed by atoms with Crippen LogP contribution in [0.4, 0.5) is 5.69 Å². The molecule has 0 aliphatic carbocycles. The van der Waals surface area contributed by atoms with Gasteiger partial charge in [0.2, 0.25) is 0 Å². The molecular weight excluding hydrogens is 378 g/mol. The van der Waals surface area contributed by atoms with E-state index in [1.54, 1.807) is 6.92 Å². The zero-order valence-electron chi connectivity index (χ0n) is 15.1. The van der Waals surface area contributed by atoms with Gasteiger partial charge in [0.25, 0.3) is 15.7 Å². The van der Waals surface area contributed by atoms with Crippen LogP contribution in [0.3, 0.4) is 0 Å². The van der Waals surface area contributed by atoms with Crippen molar-refractivity contribution < 1.29 is 13.3 Å². The number of aliphatic imine (C=N–C) groups is 1. The summed E-state index contributed by atoms with van der Waals surface area (Å²) in [5, 5.41) is 13.1. The van der Waals surface area contributed by atoms with Crippen molar-refractivity contribution in [3.05, 3.63) is 81.9 Å². The molecule has 0 bridgehead atoms. The van der Waals surface area contributed by atoms with E-state index in [2.05, 4.69) is 4.99 Å². The second-order valence-corrected chi connectivity index (χ2v) is 8.38. The number of nitro groups is 1. The van der Waals surface area contributed by atoms with Gasteiger partial charge in [-0.15, -0.1) is 0 Å². The summed E-state index contributed by atoms with van der Waals surface area (Å²) in [7, 11) is -3.98. The maximum atomic E-state index is 13.3. The molecule has 0 saturated heterocycles. The smallest absolute Gasteiger partial charge is 0.265 e. The fourth-order valence-electron chi connectivity index (χ4n) is 3.38. The van der Waals surface area contributed by atoms with Gasteiger partial charge in [0.1, 0.15) is 5.84 Å². The summed E-state index contributed by atoms with van der Waals surface area (Å²) < 4.78 is 27.8. The Morgan fingerprint density at radius 1 is 1.07 bits per heavy atom. The predicted molar refractivity (Wildman–Crippen MR) is 107 cm³/mol. The fraction of sp³-hybridized carbons (Fsp3) is 0.150. The van der Waals surface area contributed by atoms with E-state index in [0.717, 1.165) is 22.4 Å². The molecular formula is C20H17N3O4S. The summed E-state index contributed by atoms with van der Waals surface area (Å²) in [5.74, 6) is 0.361. The Hall–Kier alpha value is -3.26. The van der Waals surface area contributed by atoms with Crippen molar-refractivity contribution in [2.45, 2.75) is 11.8 Å². The van der Waals surface area contributed by atoms with Crippen LogP contribution in [0.2, 0.25) is 0 Å². The first-order valence-electron chi connectivity index (χ1n) is 8.70. The van der Waals surface area contributed by atoms with Crippen molar-refractivity contribution in [1.82, 2.24) is 4.31 Å². The van der Waals surface area contributed by atoms with E-state index in [1.165, 1.54) is 16.4 Å². The van der Waals surface area contributed by atoms with Gasteiger partial charge in [0.15, 0.2) is 0 Å². The lowest BCUT2D eigenvalue weighted by Gasteiger charge is -2.21. The highest BCUT2D eigenvalue weighted by Crippen LogP contribution is 2.29. The fourth-order valence-corrected chi connectivity index (χ4v) is 4.84. The minimum Gasteiger partial charge on any atom is -0.265 e. The predicted octanol–water partition coefficient (Wildman–Crippen LogP) is 3.51. The van der Waals surface area contributed by atoms with Gasteiger partial charge in [0, 0.05) is 17.2 Å². The van der Waals surface area contributed by atoms with Crippen LogP contribution in [-0.2, 0) is 10.0 Å². The Kier molecular flexibility index (Phi) is 4.35. The number of aryl methyl sites for hydroxylation is 1. The van der Waals surface area contributed by atoms with Gasteiger partial charge in [-0.2, -0.15) is 0 Å². The number of sulfonamides is 1. The van der Waals surface area contributed by atoms with E-state index in [9.17, 15) is 18.5 Å². The number of hydrogen-bond acceptors (Lipinski definition) is 5. The molecule has 3 aromatic carbocycles. The average Bonchev–Trinajstić information content (AvgIpc) is 3.18. The molecule has 4 rings (SSSR count). The van der Waals surface area contributed by atoms with E-state index >= 15 is 0 Å². The normalized spacial score (nSPS) is 14.3. The van der Waals surface area contributed by atoms with E-state index in [4.69, 9.17) is 0 Å². The Bertz CT molecular complexity index is 1230. The van der Waals surface area contributed by atoms with Gasteiger partial charge >= 0.3 is 0 Å². The summed E-state index contributed by atoms with van der Waals surface area (Å²) in [4.78, 5) is 15.0. The number of nitrogens with zero attached hydrogens (tertiary/aromatic N) is 3. The van der Waals surface area contributed by atoms with Gasteiger partial charge in [-0.05, 0) is 23.8 Å². The lowest BCUT2D eigenvalue weighted by atomic mass is 10.0. The van der Waals surface area contributed by atoms with Crippen molar-refractivity contribution in [2.24, 2.45) is 4.99 Å². The molecule has 0 saturated carbocycles. The maximum absolute atomic E-state index is 13.3. The van der Waals surface area contributed by atoms with Gasteiger partial charge in [-0.1, -0.05) is 48.5 Å². The van der Waals surface area contributed by atoms with Crippen LogP contribution in [0, 0.1) is 17.0 Å². The minimum absolute atomic E-state index is 0.111. The van der Waals surface area contributed by atoms with E-state index < -0.39 is 14.9 Å². The average molecular weight is 395 g/mol. The monoisotopic (exact) mass is 395 g/mol. The molecule has 1 aliphatic heterocycles. The molecule has 0 N–H and O–H groups in total. The molecule has 0 aromatic heterocycles. The second-order valence-electron chi connectivity index (χ2n) is 6.51. The Balaban J connectivity index is 1.82. The summed E-state index contributed by atoms with van der Waals surface area (Å²) in [6, 6.07) is 17.3. The first-order chi connectivity index (χ1) is 13.4. The van der Waals surface area contributed by atoms with Crippen LogP contribution in [0.15, 0.2) is 70.6 Å². The molecule has 142 valence electrons. The number of fused-ring (bicyclic) bond motifs is 1. The van der Waals surface area contributed by atoms with Crippen molar-refractivity contribution in [3.63, 3.8) is 0 Å². The van der Waals surface area contributed by atoms with E-state index in [1.807, 2.05) is 42.5 Å². The molecule has 0 amide bonds. The Morgan fingerprint density at radius 3 is 2.61 bits per heavy atom. The molecule has 1 aliphatic rings. The number of amidine groups is 1. The third kappa shape index (κ3) is 2.91. The second kappa shape index (κ2) is 6.72. The van der Waals surface area contributed by atoms with Crippen molar-refractivity contribution >= 4 is 32.3 Å². The van der Waals surface area contributed by atoms with E-state index in [0.29, 0.717) is 17.9 Å². The lowest BCUT2D eigenvalue weighted by molar-refractivity contribution is -0.385. The van der Waals surface area contributed by atoms with Crippen LogP contribution in [0.5, 0.6) is 0 Å². The summed E-state index contributed by atoms with van der Waals surface area (Å²) in [5.41, 5.74) is 0.915. The molecule has 0 unspecified atom stereocenters. The summed E-state index contributed by atoms with van der Waals surface area (Å²) in [6.07, 6.45) is 0. The van der Waals surface area contributed by atoms with Gasteiger partial charge in [0.05, 0.1) is 22.9 Å². The highest BCUT2D eigenvalue weighted by atomic mass is 32.2. The zero-order chi connectivity index (χ0) is 19.9. The van der Waals surface area contributed by atoms with Crippen LogP contribution in [0.1, 0.15) is 11.1 Å². The van der Waals surface area contributed by atoms with Gasteiger partial charge in [-0.3, -0.25) is 15.1 Å². The molecule has 8 heteroatoms. The van der Waals surface area contributed by atoms with Crippen molar-refractivity contribution in [3.8, 4) is 0 Å². The van der Waals surface area contributed by atoms with Crippen LogP contribution in [-0.4, -0.2) is 36.6 Å². The van der Waals surface area contributed by atoms with Crippen LogP contribution >= 0.6 is 0 Å². The summed E-state index contributed by atoms with van der Waals surface area (Å²) in [6.45, 7) is 2.11. The third-order valence-electron chi connectivity index (χ3n) is 4.80. The van der Waals surface area contributed by atoms with Gasteiger partial charge < -0.3 is 0 Å². The number of hydrogen-bond donors (Lipinski definition) is 0. The number of rotatable bonds is 4. The summed E-state index contributed by atoms with van der Waals surface area (Å²) >= 11 is 0. The molecule has 7 nitrogen and oxygen atoms in total. The quantitative estimate of drug-likeness (QED) is 0.499. The Morgan fingerprint density at radius 2 is 1.82 bits per heavy atom. The SMILES string of the molecule is Cc1ccc(S(=O)(=O)N2CCN=C2c2cccc3ccccc23)cc1[N+](=O)[O-]. The van der Waals surface area contributed by atoms with E-state index in [-0.39, 0.29) is 17.1 Å². The van der Waals surface area contributed by atoms with Gasteiger partial charge in [-0.25, -0.2) is 12.7 Å². The molecule has 3 aromatic rings. The Labute approximate surface area is 162 Å². The lowest BCUT2D eigenvalue weighted by Crippen LogP contribution is -2.35.